The van der Waals surface area contributed by atoms with Gasteiger partial charge in [0.25, 0.3) is 15.9 Å². The largest absolute Gasteiger partial charge is 0.476 e. The molecule has 1 aliphatic heterocycles. The number of pyridine rings is 2. The van der Waals surface area contributed by atoms with Gasteiger partial charge >= 0.3 is 6.09 Å². The van der Waals surface area contributed by atoms with Gasteiger partial charge in [-0.25, -0.2) is 24.2 Å². The third kappa shape index (κ3) is 7.18. The molecule has 1 saturated heterocycles. The van der Waals surface area contributed by atoms with Crippen molar-refractivity contribution in [2.75, 3.05) is 25.0 Å². The number of hydrogen-bond donors (Lipinski definition) is 3. The van der Waals surface area contributed by atoms with E-state index >= 15 is 0 Å². The van der Waals surface area contributed by atoms with E-state index in [1.807, 2.05) is 18.6 Å². The fraction of sp³-hybridized carbons (Fsp3) is 0.531. The number of anilines is 1. The predicted molar refractivity (Wildman–Crippen MR) is 176 cm³/mol. The summed E-state index contributed by atoms with van der Waals surface area (Å²) in [6.07, 6.45) is 3.09. The molecule has 0 spiro atoms. The zero-order valence-corrected chi connectivity index (χ0v) is 29.0. The van der Waals surface area contributed by atoms with Crippen molar-refractivity contribution >= 4 is 39.4 Å². The minimum atomic E-state index is -4.33. The van der Waals surface area contributed by atoms with Crippen LogP contribution in [0.4, 0.5) is 10.6 Å². The average molecular weight is 688 g/mol. The van der Waals surface area contributed by atoms with Crippen LogP contribution in [0.25, 0.3) is 5.82 Å². The molecule has 0 aromatic carbocycles. The van der Waals surface area contributed by atoms with Crippen molar-refractivity contribution in [3.8, 4) is 11.7 Å². The number of carboxylic acid groups (broad SMARTS) is 1. The summed E-state index contributed by atoms with van der Waals surface area (Å²) in [4.78, 5) is 34.3. The molecular weight excluding hydrogens is 646 g/mol. The van der Waals surface area contributed by atoms with E-state index in [9.17, 15) is 23.1 Å². The van der Waals surface area contributed by atoms with Gasteiger partial charge in [-0.1, -0.05) is 45.4 Å². The number of aromatic nitrogens is 4. The molecule has 4 heterocycles. The first kappa shape index (κ1) is 34.4. The first-order chi connectivity index (χ1) is 21.9. The van der Waals surface area contributed by atoms with Crippen molar-refractivity contribution < 1.29 is 27.9 Å². The highest BCUT2D eigenvalue weighted by atomic mass is 35.5. The predicted octanol–water partition coefficient (Wildman–Crippen LogP) is 5.47. The second-order valence-corrected chi connectivity index (χ2v) is 16.0. The summed E-state index contributed by atoms with van der Waals surface area (Å²) >= 11 is 6.32. The molecule has 0 unspecified atom stereocenters. The molecule has 3 aromatic heterocycles. The molecule has 5 rings (SSSR count). The number of hydrogen-bond acceptors (Lipinski definition) is 9. The fourth-order valence-corrected chi connectivity index (χ4v) is 7.74. The third-order valence-corrected chi connectivity index (χ3v) is 11.6. The number of carbonyl (C=O) groups is 2. The normalized spacial score (nSPS) is 19.7. The van der Waals surface area contributed by atoms with Crippen LogP contribution in [0.2, 0.25) is 5.15 Å². The molecule has 0 bridgehead atoms. The summed E-state index contributed by atoms with van der Waals surface area (Å²) in [7, 11) is -4.33. The second-order valence-electron chi connectivity index (χ2n) is 14.1. The molecule has 1 atom stereocenters. The summed E-state index contributed by atoms with van der Waals surface area (Å²) in [5, 5.41) is 16.4. The highest BCUT2D eigenvalue weighted by Crippen LogP contribution is 2.68. The fourth-order valence-electron chi connectivity index (χ4n) is 6.57. The van der Waals surface area contributed by atoms with Gasteiger partial charge < -0.3 is 20.1 Å². The number of nitrogens with zero attached hydrogens (tertiary/aromatic N) is 5. The summed E-state index contributed by atoms with van der Waals surface area (Å²) in [5.41, 5.74) is -0.155. The lowest BCUT2D eigenvalue weighted by Crippen LogP contribution is -2.41. The molecule has 47 heavy (non-hydrogen) atoms. The van der Waals surface area contributed by atoms with Crippen LogP contribution >= 0.6 is 11.6 Å². The van der Waals surface area contributed by atoms with Crippen LogP contribution in [-0.2, 0) is 10.0 Å². The van der Waals surface area contributed by atoms with Gasteiger partial charge in [0.1, 0.15) is 11.0 Å². The van der Waals surface area contributed by atoms with Crippen LogP contribution in [0.3, 0.4) is 0 Å². The van der Waals surface area contributed by atoms with Gasteiger partial charge in [-0.3, -0.25) is 4.79 Å². The summed E-state index contributed by atoms with van der Waals surface area (Å²) in [5.74, 6) is 0.789. The first-order valence-electron chi connectivity index (χ1n) is 15.6. The Balaban J connectivity index is 1.14. The lowest BCUT2D eigenvalue weighted by Gasteiger charge is -2.28. The van der Waals surface area contributed by atoms with Crippen molar-refractivity contribution in [1.82, 2.24) is 29.4 Å². The maximum Gasteiger partial charge on any atom is 0.407 e. The minimum Gasteiger partial charge on any atom is -0.476 e. The van der Waals surface area contributed by atoms with E-state index in [-0.39, 0.29) is 32.5 Å². The van der Waals surface area contributed by atoms with E-state index in [0.717, 1.165) is 19.3 Å². The van der Waals surface area contributed by atoms with Gasteiger partial charge in [-0.05, 0) is 74.1 Å². The minimum absolute atomic E-state index is 0.133. The van der Waals surface area contributed by atoms with Crippen LogP contribution in [0.1, 0.15) is 71.2 Å². The Labute approximate surface area is 280 Å². The number of nitrogens with one attached hydrogen (secondary N) is 2. The average Bonchev–Trinajstić information content (AvgIpc) is 3.38. The van der Waals surface area contributed by atoms with Crippen LogP contribution in [0, 0.1) is 22.7 Å². The molecule has 1 aliphatic carbocycles. The van der Waals surface area contributed by atoms with Crippen molar-refractivity contribution in [3.05, 3.63) is 53.3 Å². The molecule has 3 N–H and O–H groups in total. The topological polar surface area (TPSA) is 169 Å². The number of amides is 2. The first-order valence-corrected chi connectivity index (χ1v) is 17.4. The highest BCUT2D eigenvalue weighted by Gasteiger charge is 2.64. The molecule has 0 radical (unpaired) electrons. The van der Waals surface area contributed by atoms with Crippen molar-refractivity contribution in [1.29, 1.82) is 0 Å². The zero-order valence-electron chi connectivity index (χ0n) is 27.4. The maximum absolute atomic E-state index is 13.0. The van der Waals surface area contributed by atoms with E-state index in [4.69, 9.17) is 16.3 Å². The molecule has 13 nitrogen and oxygen atoms in total. The Morgan fingerprint density at radius 1 is 1.06 bits per heavy atom. The van der Waals surface area contributed by atoms with E-state index in [0.29, 0.717) is 43.1 Å². The molecule has 2 amide bonds. The summed E-state index contributed by atoms with van der Waals surface area (Å²) in [6.45, 7) is 14.3. The number of rotatable bonds is 12. The van der Waals surface area contributed by atoms with Gasteiger partial charge in [0.2, 0.25) is 5.88 Å². The van der Waals surface area contributed by atoms with Crippen molar-refractivity contribution in [2.24, 2.45) is 22.7 Å². The molecule has 2 aliphatic rings. The van der Waals surface area contributed by atoms with E-state index in [1.165, 1.54) is 33.8 Å². The maximum atomic E-state index is 13.0. The van der Waals surface area contributed by atoms with E-state index < -0.39 is 27.6 Å². The Bertz CT molecular complexity index is 1760. The molecule has 3 aromatic rings. The van der Waals surface area contributed by atoms with E-state index in [1.54, 1.807) is 18.3 Å². The van der Waals surface area contributed by atoms with Crippen LogP contribution < -0.4 is 14.8 Å². The SMILES string of the molecule is CC1(C)C[C@H](CCCNc2cccc(S(=O)(=O)NC(=O)c3ccc(-n4ccc(OCC5C(C)(C)C5(C)C)n4)nc3Cl)n2)CN1C(=O)O. The van der Waals surface area contributed by atoms with Gasteiger partial charge in [0, 0.05) is 36.8 Å². The van der Waals surface area contributed by atoms with Gasteiger partial charge in [0.15, 0.2) is 10.8 Å². The second kappa shape index (κ2) is 12.6. The van der Waals surface area contributed by atoms with Crippen molar-refractivity contribution in [2.45, 2.75) is 71.4 Å². The number of likely N-dealkylation sites (tertiary alicyclic amines) is 1. The van der Waals surface area contributed by atoms with Crippen LogP contribution in [-0.4, -0.2) is 75.4 Å². The zero-order chi connectivity index (χ0) is 34.4. The Morgan fingerprint density at radius 2 is 1.79 bits per heavy atom. The monoisotopic (exact) mass is 687 g/mol. The molecular formula is C32H42ClN7O6S. The Morgan fingerprint density at radius 3 is 2.43 bits per heavy atom. The number of sulfonamides is 1. The highest BCUT2D eigenvalue weighted by molar-refractivity contribution is 7.90. The van der Waals surface area contributed by atoms with Gasteiger partial charge in [-0.2, -0.15) is 8.42 Å². The third-order valence-electron chi connectivity index (χ3n) is 10.1. The quantitative estimate of drug-likeness (QED) is 0.164. The molecule has 1 saturated carbocycles. The molecule has 15 heteroatoms. The Kier molecular flexibility index (Phi) is 9.23. The Hall–Kier alpha value is -3.91. The van der Waals surface area contributed by atoms with Gasteiger partial charge in [-0.15, -0.1) is 5.10 Å². The summed E-state index contributed by atoms with van der Waals surface area (Å²) in [6, 6.07) is 9.03. The smallest absolute Gasteiger partial charge is 0.407 e. The number of ether oxygens (including phenoxy) is 1. The van der Waals surface area contributed by atoms with E-state index in [2.05, 4.69) is 48.1 Å². The van der Waals surface area contributed by atoms with Crippen LogP contribution in [0.5, 0.6) is 5.88 Å². The van der Waals surface area contributed by atoms with Crippen LogP contribution in [0.15, 0.2) is 47.6 Å². The number of halogens is 1. The molecule has 2 fully saturated rings. The summed E-state index contributed by atoms with van der Waals surface area (Å²) < 4.78 is 35.5. The van der Waals surface area contributed by atoms with Gasteiger partial charge in [0.05, 0.1) is 12.2 Å². The lowest BCUT2D eigenvalue weighted by atomic mass is 9.93. The molecule has 254 valence electrons. The number of carbonyl (C=O) groups excluding carboxylic acids is 1. The van der Waals surface area contributed by atoms with Crippen molar-refractivity contribution in [3.63, 3.8) is 0 Å². The lowest BCUT2D eigenvalue weighted by molar-refractivity contribution is 0.0980. The standard InChI is InChI=1S/C32H42ClN7O6S/c1-30(2)17-20(18-39(30)29(42)43)9-8-15-34-23-10-7-11-26(35-23)47(44,45)38-28(41)21-12-13-24(36-27(21)33)40-16-14-25(37-40)46-19-22-31(3,4)32(22,5)6/h7,10-14,16,20,22H,8-9,15,17-19H2,1-6H3,(H,34,35)(H,38,41)(H,42,43)/t20-/m0/s1.